The van der Waals surface area contributed by atoms with Gasteiger partial charge in [0, 0.05) is 12.7 Å². The molecule has 0 bridgehead atoms. The Bertz CT molecular complexity index is 1140. The molecule has 1 spiro atoms. The van der Waals surface area contributed by atoms with E-state index in [4.69, 9.17) is 18.8 Å². The summed E-state index contributed by atoms with van der Waals surface area (Å²) in [5.41, 5.74) is -0.760. The van der Waals surface area contributed by atoms with E-state index in [1.54, 1.807) is 4.90 Å². The molecule has 0 aromatic heterocycles. The van der Waals surface area contributed by atoms with Gasteiger partial charge in [0.05, 0.1) is 17.8 Å². The fourth-order valence-electron chi connectivity index (χ4n) is 3.90. The summed E-state index contributed by atoms with van der Waals surface area (Å²) in [5, 5.41) is 2.40. The molecule has 9 heteroatoms. The van der Waals surface area contributed by atoms with Crippen LogP contribution in [0, 0.1) is 18.2 Å². The first kappa shape index (κ1) is 19.9. The zero-order valence-electron chi connectivity index (χ0n) is 15.9. The number of benzene rings is 2. The van der Waals surface area contributed by atoms with Crippen LogP contribution >= 0.6 is 12.2 Å². The van der Waals surface area contributed by atoms with Gasteiger partial charge in [-0.15, -0.1) is 0 Å². The molecule has 2 amide bonds. The van der Waals surface area contributed by atoms with Crippen LogP contribution in [-0.2, 0) is 4.79 Å². The van der Waals surface area contributed by atoms with Gasteiger partial charge in [-0.1, -0.05) is 6.07 Å². The van der Waals surface area contributed by atoms with Gasteiger partial charge in [-0.2, -0.15) is 0 Å². The highest BCUT2D eigenvalue weighted by Gasteiger charge is 2.60. The molecular formula is C21H16F2N4O2S. The maximum atomic E-state index is 14.7. The molecule has 2 fully saturated rings. The van der Waals surface area contributed by atoms with Crippen molar-refractivity contribution in [3.05, 3.63) is 65.0 Å². The van der Waals surface area contributed by atoms with Crippen molar-refractivity contribution in [2.75, 3.05) is 16.8 Å². The van der Waals surface area contributed by atoms with Crippen molar-refractivity contribution in [1.82, 2.24) is 5.32 Å². The second kappa shape index (κ2) is 7.15. The number of amides is 2. The zero-order valence-corrected chi connectivity index (χ0v) is 16.7. The lowest BCUT2D eigenvalue weighted by Crippen LogP contribution is -2.55. The van der Waals surface area contributed by atoms with Gasteiger partial charge in [0.15, 0.2) is 10.8 Å². The molecular weight excluding hydrogens is 410 g/mol. The van der Waals surface area contributed by atoms with Crippen LogP contribution in [0.3, 0.4) is 0 Å². The predicted molar refractivity (Wildman–Crippen MR) is 112 cm³/mol. The number of hydrogen-bond donors (Lipinski definition) is 1. The Kier molecular flexibility index (Phi) is 4.74. The van der Waals surface area contributed by atoms with E-state index in [2.05, 4.69) is 10.2 Å². The zero-order chi connectivity index (χ0) is 21.6. The Morgan fingerprint density at radius 1 is 1.20 bits per heavy atom. The number of nitrogens with one attached hydrogen (secondary N) is 1. The van der Waals surface area contributed by atoms with Crippen LogP contribution in [0.1, 0.15) is 29.6 Å². The van der Waals surface area contributed by atoms with Crippen LogP contribution in [0.4, 0.5) is 25.8 Å². The van der Waals surface area contributed by atoms with Crippen molar-refractivity contribution in [2.24, 2.45) is 0 Å². The van der Waals surface area contributed by atoms with Crippen molar-refractivity contribution in [2.45, 2.75) is 24.8 Å². The van der Waals surface area contributed by atoms with Crippen molar-refractivity contribution in [3.63, 3.8) is 0 Å². The fourth-order valence-corrected chi connectivity index (χ4v) is 4.36. The summed E-state index contributed by atoms with van der Waals surface area (Å²) in [5.74, 6) is -2.44. The molecule has 2 aromatic rings. The SMILES string of the molecule is [C-]#[N+]c1ccc(N2C(=O)C3(CCC3)N(c3ccc(C(=O)NC)c(F)c3)C2=S)c(F)c1. The maximum absolute atomic E-state index is 14.7. The van der Waals surface area contributed by atoms with Crippen molar-refractivity contribution < 1.29 is 18.4 Å². The first-order valence-corrected chi connectivity index (χ1v) is 9.62. The Morgan fingerprint density at radius 3 is 2.47 bits per heavy atom. The number of halogens is 2. The molecule has 2 aromatic carbocycles. The van der Waals surface area contributed by atoms with E-state index in [0.717, 1.165) is 23.5 Å². The van der Waals surface area contributed by atoms with Crippen LogP contribution in [0.5, 0.6) is 0 Å². The molecule has 0 atom stereocenters. The van der Waals surface area contributed by atoms with E-state index in [1.165, 1.54) is 31.3 Å². The molecule has 30 heavy (non-hydrogen) atoms. The normalized spacial score (nSPS) is 17.1. The summed E-state index contributed by atoms with van der Waals surface area (Å²) >= 11 is 5.53. The molecule has 2 aliphatic rings. The number of anilines is 2. The smallest absolute Gasteiger partial charge is 0.259 e. The molecule has 1 heterocycles. The molecule has 0 radical (unpaired) electrons. The first-order valence-electron chi connectivity index (χ1n) is 9.21. The molecule has 4 rings (SSSR count). The third-order valence-electron chi connectivity index (χ3n) is 5.58. The third-order valence-corrected chi connectivity index (χ3v) is 5.94. The average molecular weight is 426 g/mol. The quantitative estimate of drug-likeness (QED) is 0.597. The highest BCUT2D eigenvalue weighted by atomic mass is 32.1. The van der Waals surface area contributed by atoms with E-state index < -0.39 is 23.1 Å². The summed E-state index contributed by atoms with van der Waals surface area (Å²) in [4.78, 5) is 31.0. The second-order valence-electron chi connectivity index (χ2n) is 7.13. The number of thiocarbonyl (C=S) groups is 1. The summed E-state index contributed by atoms with van der Waals surface area (Å²) in [6, 6.07) is 7.82. The minimum atomic E-state index is -1.01. The van der Waals surface area contributed by atoms with Gasteiger partial charge < -0.3 is 10.2 Å². The standard InChI is InChI=1S/C21H16F2N4O2S/c1-24-12-4-7-17(16(23)10-12)26-19(29)21(8-3-9-21)27(20(26)30)13-5-6-14(15(22)11-13)18(28)25-2/h4-7,10-11H,3,8-9H2,2H3,(H,25,28). The van der Waals surface area contributed by atoms with Gasteiger partial charge in [-0.25, -0.2) is 13.6 Å². The van der Waals surface area contributed by atoms with Crippen molar-refractivity contribution >= 4 is 46.2 Å². The van der Waals surface area contributed by atoms with E-state index in [-0.39, 0.29) is 28.0 Å². The van der Waals surface area contributed by atoms with Crippen LogP contribution in [0.2, 0.25) is 0 Å². The lowest BCUT2D eigenvalue weighted by atomic mass is 9.75. The molecule has 1 saturated carbocycles. The minimum absolute atomic E-state index is 0.0289. The summed E-state index contributed by atoms with van der Waals surface area (Å²) in [6.45, 7) is 7.01. The molecule has 152 valence electrons. The number of nitrogens with zero attached hydrogens (tertiary/aromatic N) is 3. The van der Waals surface area contributed by atoms with Crippen LogP contribution in [-0.4, -0.2) is 29.5 Å². The summed E-state index contributed by atoms with van der Waals surface area (Å²) < 4.78 is 29.3. The van der Waals surface area contributed by atoms with Gasteiger partial charge in [0.2, 0.25) is 0 Å². The number of carbonyl (C=O) groups excluding carboxylic acids is 2. The maximum Gasteiger partial charge on any atom is 0.259 e. The van der Waals surface area contributed by atoms with E-state index in [1.807, 2.05) is 0 Å². The van der Waals surface area contributed by atoms with Crippen LogP contribution < -0.4 is 15.1 Å². The fraction of sp³-hybridized carbons (Fsp3) is 0.238. The lowest BCUT2D eigenvalue weighted by Gasteiger charge is -2.43. The van der Waals surface area contributed by atoms with Gasteiger partial charge in [0.1, 0.15) is 17.2 Å². The molecule has 1 aliphatic carbocycles. The van der Waals surface area contributed by atoms with Crippen molar-refractivity contribution in [3.8, 4) is 0 Å². The molecule has 0 unspecified atom stereocenters. The summed E-state index contributed by atoms with van der Waals surface area (Å²) in [7, 11) is 1.40. The Hall–Kier alpha value is -3.38. The van der Waals surface area contributed by atoms with Gasteiger partial charge >= 0.3 is 0 Å². The van der Waals surface area contributed by atoms with Crippen LogP contribution in [0.15, 0.2) is 36.4 Å². The molecule has 6 nitrogen and oxygen atoms in total. The molecule has 1 N–H and O–H groups in total. The minimum Gasteiger partial charge on any atom is -0.355 e. The third kappa shape index (κ3) is 2.75. The summed E-state index contributed by atoms with van der Waals surface area (Å²) in [6.07, 6.45) is 1.75. The van der Waals surface area contributed by atoms with Gasteiger partial charge in [0.25, 0.3) is 11.8 Å². The Morgan fingerprint density at radius 2 is 1.93 bits per heavy atom. The van der Waals surface area contributed by atoms with E-state index >= 15 is 0 Å². The topological polar surface area (TPSA) is 57.0 Å². The highest BCUT2D eigenvalue weighted by molar-refractivity contribution is 7.81. The van der Waals surface area contributed by atoms with Gasteiger partial charge in [-0.05, 0) is 61.8 Å². The first-order chi connectivity index (χ1) is 14.3. The lowest BCUT2D eigenvalue weighted by molar-refractivity contribution is -0.123. The largest absolute Gasteiger partial charge is 0.355 e. The average Bonchev–Trinajstić information content (AvgIpc) is 2.94. The van der Waals surface area contributed by atoms with Gasteiger partial charge in [-0.3, -0.25) is 14.5 Å². The molecule has 1 saturated heterocycles. The Balaban J connectivity index is 1.79. The Labute approximate surface area is 176 Å². The molecule has 1 aliphatic heterocycles. The predicted octanol–water partition coefficient (Wildman–Crippen LogP) is 3.94. The number of rotatable bonds is 3. The van der Waals surface area contributed by atoms with Crippen molar-refractivity contribution in [1.29, 1.82) is 0 Å². The van der Waals surface area contributed by atoms with E-state index in [9.17, 15) is 18.4 Å². The second-order valence-corrected chi connectivity index (χ2v) is 7.50. The highest BCUT2D eigenvalue weighted by Crippen LogP contribution is 2.48. The number of carbonyl (C=O) groups is 2. The van der Waals surface area contributed by atoms with Crippen LogP contribution in [0.25, 0.3) is 4.85 Å². The monoisotopic (exact) mass is 426 g/mol. The van der Waals surface area contributed by atoms with E-state index in [0.29, 0.717) is 18.5 Å². The number of hydrogen-bond acceptors (Lipinski definition) is 3.